The lowest BCUT2D eigenvalue weighted by molar-refractivity contribution is -0.139. The van der Waals surface area contributed by atoms with Crippen LogP contribution < -0.4 is 24.7 Å². The van der Waals surface area contributed by atoms with Crippen molar-refractivity contribution in [2.75, 3.05) is 100 Å². The number of amides is 3. The van der Waals surface area contributed by atoms with Crippen molar-refractivity contribution in [1.82, 2.24) is 60.2 Å². The topological polar surface area (TPSA) is 395 Å². The van der Waals surface area contributed by atoms with Crippen molar-refractivity contribution in [3.63, 3.8) is 0 Å². The van der Waals surface area contributed by atoms with Crippen molar-refractivity contribution in [2.45, 2.75) is 238 Å². The van der Waals surface area contributed by atoms with Gasteiger partial charge in [0.15, 0.2) is 5.96 Å². The molecule has 4 aliphatic rings. The number of aliphatic imine (C=N–C) groups is 1. The molecule has 0 unspecified atom stereocenters. The van der Waals surface area contributed by atoms with Gasteiger partial charge in [-0.3, -0.25) is 15.2 Å². The summed E-state index contributed by atoms with van der Waals surface area (Å²) in [6.45, 7) is 21.6. The van der Waals surface area contributed by atoms with Gasteiger partial charge in [0, 0.05) is 96.2 Å². The first-order chi connectivity index (χ1) is 63.2. The molecule has 12 rings (SSSR count). The highest BCUT2D eigenvalue weighted by Crippen LogP contribution is 2.46. The van der Waals surface area contributed by atoms with E-state index >= 15 is 0 Å². The number of hydrogen-bond donors (Lipinski definition) is 3. The van der Waals surface area contributed by atoms with Gasteiger partial charge in [-0.25, -0.2) is 14.4 Å². The van der Waals surface area contributed by atoms with E-state index in [2.05, 4.69) is 45.6 Å². The summed E-state index contributed by atoms with van der Waals surface area (Å²) in [7, 11) is 4.69. The first kappa shape index (κ1) is 106. The SMILES string of the molecule is CC(C)(C)OC(=O)N1CCC[C@H]1c1nc(-c2ccc(OCCCCO)c(C(F)(F)F)c2)no1.COCCCCOc1ccc(-c2noc([C@@H]3CCCN3C(=N)N)n2)cc1C(F)(F)F.COCCCCOc1ccc(-c2noc([C@@H]3CCCN3C(=O)OC(C)(C)C)n2)cc1C(F)(F)F.COCCCCOc1ccc(-c2noc([C@@H]3CCCN3C(C)=NC(=O)OC(C)(C)C)n2)cc1C(F)(F)F. The van der Waals surface area contributed by atoms with Crippen LogP contribution in [-0.2, 0) is 53.1 Å². The van der Waals surface area contributed by atoms with Crippen LogP contribution in [0.2, 0.25) is 0 Å². The number of methoxy groups -OCH3 is 3. The summed E-state index contributed by atoms with van der Waals surface area (Å²) in [5.74, 6) is 0.0780. The van der Waals surface area contributed by atoms with Gasteiger partial charge in [-0.2, -0.15) is 77.6 Å². The molecule has 4 N–H and O–H groups in total. The summed E-state index contributed by atoms with van der Waals surface area (Å²) >= 11 is 0. The number of amidine groups is 1. The number of aliphatic hydroxyl groups excluding tert-OH is 1. The molecule has 4 aromatic carbocycles. The monoisotopic (exact) mass is 1910 g/mol. The van der Waals surface area contributed by atoms with E-state index in [9.17, 15) is 67.1 Å². The number of nitrogens with zero attached hydrogens (tertiary/aromatic N) is 13. The standard InChI is InChI=1S/C25H33F3N4O5.C23H30F3N3O5.C22H28F3N3O5.C19H24F3N5O3/c1-16(29-23(33)36-24(2,3)4)32-12-8-9-19(32)22-30-21(31-37-22)17-10-11-20(18(15-17)25(26,27)28)35-14-7-6-13-34-5;1-22(2,3)33-21(30)29-11-7-8-17(29)20-27-19(28-34-20)15-9-10-18(16(14-15)23(24,25)26)32-13-6-5-12-31-4;1-21(2,3)32-20(30)28-10-6-7-16(28)19-26-18(27-33-19)14-8-9-17(31-12-5-4-11-29)15(13-14)22(23,24)25;1-28-9-2-3-10-29-15-7-6-12(11-13(15)19(20,21)22)16-25-17(30-26-16)14-5-4-8-27(14)18(23)24/h10-11,15,19H,6-9,12-14H2,1-5H3;9-10,14,17H,5-8,11-13H2,1-4H3;8-9,13,16,29H,4-7,10-12H2,1-3H3;6-7,11,14H,2-5,8-10H2,1H3,(H3,23,24)/t19-;17-;16-;14-/m0000/s1. The molecular weight excluding hydrogens is 1800 g/mol. The van der Waals surface area contributed by atoms with E-state index in [1.165, 1.54) is 58.3 Å². The second-order valence-electron chi connectivity index (χ2n) is 34.5. The number of aliphatic hydroxyl groups is 1. The van der Waals surface area contributed by atoms with Crippen molar-refractivity contribution in [3.8, 4) is 68.5 Å². The summed E-state index contributed by atoms with van der Waals surface area (Å²) < 4.78 is 237. The van der Waals surface area contributed by atoms with Crippen LogP contribution in [0, 0.1) is 5.41 Å². The molecule has 4 aliphatic heterocycles. The zero-order chi connectivity index (χ0) is 98.1. The molecule has 738 valence electrons. The average molecular weight is 1910 g/mol. The lowest BCUT2D eigenvalue weighted by Gasteiger charge is -2.27. The van der Waals surface area contributed by atoms with Crippen LogP contribution in [0.4, 0.5) is 67.1 Å². The van der Waals surface area contributed by atoms with Crippen molar-refractivity contribution >= 4 is 30.1 Å². The number of alkyl halides is 12. The van der Waals surface area contributed by atoms with Gasteiger partial charge < -0.3 is 86.1 Å². The van der Waals surface area contributed by atoms with Crippen molar-refractivity contribution in [2.24, 2.45) is 10.7 Å². The number of hydrogen-bond acceptors (Lipinski definition) is 27. The molecule has 33 nitrogen and oxygen atoms in total. The Hall–Kier alpha value is -11.6. The summed E-state index contributed by atoms with van der Waals surface area (Å²) in [4.78, 5) is 64.8. The Bertz CT molecular complexity index is 5140. The third-order valence-electron chi connectivity index (χ3n) is 20.5. The molecule has 8 heterocycles. The van der Waals surface area contributed by atoms with Crippen molar-refractivity contribution in [1.29, 1.82) is 5.41 Å². The van der Waals surface area contributed by atoms with E-state index in [1.54, 1.807) is 95.5 Å². The molecule has 0 aliphatic carbocycles. The van der Waals surface area contributed by atoms with Gasteiger partial charge in [0.05, 0.1) is 48.7 Å². The maximum absolute atomic E-state index is 13.8. The van der Waals surface area contributed by atoms with E-state index in [-0.39, 0.29) is 143 Å². The Morgan fingerprint density at radius 3 is 0.918 bits per heavy atom. The molecular formula is C89H115F12N15O18. The molecule has 0 radical (unpaired) electrons. The Balaban J connectivity index is 0.000000201. The molecule has 0 saturated carbocycles. The largest absolute Gasteiger partial charge is 0.493 e. The fourth-order valence-electron chi connectivity index (χ4n) is 14.3. The zero-order valence-electron chi connectivity index (χ0n) is 76.9. The number of carbonyl (C=O) groups is 3. The molecule has 3 amide bonds. The smallest absolute Gasteiger partial charge is 0.435 e. The minimum absolute atomic E-state index is 0.00295. The fraction of sp³-hybridized carbons (Fsp3) is 0.584. The van der Waals surface area contributed by atoms with Crippen LogP contribution in [-0.4, -0.2) is 213 Å². The van der Waals surface area contributed by atoms with Crippen LogP contribution in [0.3, 0.4) is 0 Å². The normalized spacial score (nSPS) is 16.8. The van der Waals surface area contributed by atoms with Gasteiger partial charge in [-0.05, 0) is 245 Å². The first-order valence-corrected chi connectivity index (χ1v) is 43.6. The highest BCUT2D eigenvalue weighted by molar-refractivity contribution is 5.90. The Morgan fingerprint density at radius 1 is 0.403 bits per heavy atom. The van der Waals surface area contributed by atoms with Gasteiger partial charge in [0.25, 0.3) is 0 Å². The van der Waals surface area contributed by atoms with Crippen LogP contribution in [0.15, 0.2) is 95.9 Å². The summed E-state index contributed by atoms with van der Waals surface area (Å²) in [6.07, 6.45) is -10.0. The number of guanidine groups is 1. The van der Waals surface area contributed by atoms with Gasteiger partial charge in [-0.15, -0.1) is 0 Å². The Kier molecular flexibility index (Phi) is 37.6. The number of nitrogens with two attached hydrogens (primary N) is 1. The van der Waals surface area contributed by atoms with E-state index < -0.39 is 94.1 Å². The molecule has 8 aromatic rings. The summed E-state index contributed by atoms with van der Waals surface area (Å²) in [6, 6.07) is 12.9. The quantitative estimate of drug-likeness (QED) is 0.0119. The maximum atomic E-state index is 13.8. The first-order valence-electron chi connectivity index (χ1n) is 43.6. The number of unbranched alkanes of at least 4 members (excludes halogenated alkanes) is 4. The number of benzene rings is 4. The number of rotatable bonds is 31. The van der Waals surface area contributed by atoms with Crippen LogP contribution in [0.25, 0.3) is 45.6 Å². The number of ether oxygens (including phenoxy) is 10. The predicted molar refractivity (Wildman–Crippen MR) is 459 cm³/mol. The molecule has 134 heavy (non-hydrogen) atoms. The highest BCUT2D eigenvalue weighted by atomic mass is 19.4. The highest BCUT2D eigenvalue weighted by Gasteiger charge is 2.44. The minimum atomic E-state index is -4.64. The number of nitrogens with one attached hydrogen (secondary N) is 1. The average Bonchev–Trinajstić information content (AvgIpc) is 1.63. The molecule has 0 bridgehead atoms. The van der Waals surface area contributed by atoms with E-state index in [1.807, 2.05) is 4.90 Å². The zero-order valence-corrected chi connectivity index (χ0v) is 76.9. The number of aromatic nitrogens is 8. The second kappa shape index (κ2) is 47.5. The van der Waals surface area contributed by atoms with Gasteiger partial charge in [0.2, 0.25) is 46.9 Å². The van der Waals surface area contributed by atoms with Crippen LogP contribution >= 0.6 is 0 Å². The molecule has 4 atom stereocenters. The van der Waals surface area contributed by atoms with Crippen molar-refractivity contribution < 1.29 is 138 Å². The molecule has 45 heteroatoms. The molecule has 4 saturated heterocycles. The number of halogens is 12. The van der Waals surface area contributed by atoms with Crippen LogP contribution in [0.1, 0.15) is 242 Å². The lowest BCUT2D eigenvalue weighted by Crippen LogP contribution is -2.36. The lowest BCUT2D eigenvalue weighted by atomic mass is 10.1. The third-order valence-corrected chi connectivity index (χ3v) is 20.5. The van der Waals surface area contributed by atoms with E-state index in [0.29, 0.717) is 135 Å². The number of carbonyl (C=O) groups excluding carboxylic acids is 3. The fourth-order valence-corrected chi connectivity index (χ4v) is 14.3. The second-order valence-corrected chi connectivity index (χ2v) is 34.5. The Morgan fingerprint density at radius 2 is 0.657 bits per heavy atom. The summed E-state index contributed by atoms with van der Waals surface area (Å²) in [5.41, 5.74) is 0.449. The van der Waals surface area contributed by atoms with Gasteiger partial charge >= 0.3 is 43.0 Å². The minimum Gasteiger partial charge on any atom is -0.493 e. The summed E-state index contributed by atoms with van der Waals surface area (Å²) in [5, 5.41) is 31.9. The van der Waals surface area contributed by atoms with Crippen LogP contribution in [0.5, 0.6) is 23.0 Å². The number of likely N-dealkylation sites (tertiary alicyclic amines) is 4. The van der Waals surface area contributed by atoms with Crippen molar-refractivity contribution in [3.05, 3.63) is 119 Å². The molecule has 4 fully saturated rings. The molecule has 0 spiro atoms. The van der Waals surface area contributed by atoms with E-state index in [4.69, 9.17) is 81.7 Å². The maximum Gasteiger partial charge on any atom is 0.435 e. The van der Waals surface area contributed by atoms with Gasteiger partial charge in [0.1, 0.15) is 69.8 Å². The predicted octanol–water partition coefficient (Wildman–Crippen LogP) is 20.3. The van der Waals surface area contributed by atoms with Gasteiger partial charge in [-0.1, -0.05) is 20.6 Å². The third kappa shape index (κ3) is 31.2. The molecule has 4 aromatic heterocycles. The van der Waals surface area contributed by atoms with E-state index in [0.717, 1.165) is 43.5 Å². The Labute approximate surface area is 766 Å².